The predicted octanol–water partition coefficient (Wildman–Crippen LogP) is 2.53. The number of nitrogen functional groups attached to an aromatic ring is 1. The normalized spacial score (nSPS) is 11.7. The molecule has 1 heterocycles. The van der Waals surface area contributed by atoms with Crippen LogP contribution >= 0.6 is 27.3 Å². The van der Waals surface area contributed by atoms with Gasteiger partial charge in [-0.2, -0.15) is 0 Å². The first-order chi connectivity index (χ1) is 9.42. The number of benzene rings is 1. The Morgan fingerprint density at radius 1 is 1.45 bits per heavy atom. The minimum Gasteiger partial charge on any atom is -0.398 e. The summed E-state index contributed by atoms with van der Waals surface area (Å²) in [5.74, 6) is 0. The van der Waals surface area contributed by atoms with Gasteiger partial charge in [0.2, 0.25) is 10.0 Å². The summed E-state index contributed by atoms with van der Waals surface area (Å²) >= 11 is 4.74. The van der Waals surface area contributed by atoms with Crippen LogP contribution in [0.1, 0.15) is 16.8 Å². The van der Waals surface area contributed by atoms with Crippen molar-refractivity contribution >= 4 is 43.0 Å². The minimum absolute atomic E-state index is 0.0687. The zero-order chi connectivity index (χ0) is 14.8. The maximum Gasteiger partial charge on any atom is 0.243 e. The summed E-state index contributed by atoms with van der Waals surface area (Å²) < 4.78 is 27.6. The number of aromatic nitrogens is 1. The summed E-state index contributed by atoms with van der Waals surface area (Å²) in [5.41, 5.74) is 5.93. The number of sulfonamides is 1. The highest BCUT2D eigenvalue weighted by Gasteiger charge is 2.18. The molecule has 2 rings (SSSR count). The van der Waals surface area contributed by atoms with Crippen LogP contribution in [-0.2, 0) is 23.0 Å². The van der Waals surface area contributed by atoms with E-state index in [0.29, 0.717) is 4.47 Å². The average Bonchev–Trinajstić information content (AvgIpc) is 2.87. The third-order valence-electron chi connectivity index (χ3n) is 2.63. The second-order valence-electron chi connectivity index (χ2n) is 4.08. The summed E-state index contributed by atoms with van der Waals surface area (Å²) in [6.07, 6.45) is 2.66. The van der Waals surface area contributed by atoms with Crippen LogP contribution < -0.4 is 10.5 Å². The Labute approximate surface area is 130 Å². The lowest BCUT2D eigenvalue weighted by molar-refractivity contribution is 0.581. The van der Waals surface area contributed by atoms with E-state index >= 15 is 0 Å². The fourth-order valence-corrected chi connectivity index (χ4v) is 4.12. The Hall–Kier alpha value is -0.960. The number of hydrogen-bond acceptors (Lipinski definition) is 5. The van der Waals surface area contributed by atoms with Crippen LogP contribution in [0.2, 0.25) is 0 Å². The highest BCUT2D eigenvalue weighted by atomic mass is 79.9. The lowest BCUT2D eigenvalue weighted by Crippen LogP contribution is -2.24. The maximum absolute atomic E-state index is 12.2. The molecule has 0 saturated carbocycles. The van der Waals surface area contributed by atoms with Gasteiger partial charge in [-0.05, 0) is 24.6 Å². The van der Waals surface area contributed by atoms with Gasteiger partial charge in [0.25, 0.3) is 0 Å². The van der Waals surface area contributed by atoms with Gasteiger partial charge in [0.1, 0.15) is 9.90 Å². The van der Waals surface area contributed by atoms with Crippen molar-refractivity contribution < 1.29 is 8.42 Å². The number of aryl methyl sites for hydroxylation is 1. The van der Waals surface area contributed by atoms with Crippen molar-refractivity contribution in [3.05, 3.63) is 38.8 Å². The van der Waals surface area contributed by atoms with Gasteiger partial charge < -0.3 is 5.73 Å². The van der Waals surface area contributed by atoms with E-state index in [-0.39, 0.29) is 17.1 Å². The van der Waals surface area contributed by atoms with E-state index in [1.807, 2.05) is 6.92 Å². The van der Waals surface area contributed by atoms with Crippen molar-refractivity contribution in [1.82, 2.24) is 9.71 Å². The first-order valence-corrected chi connectivity index (χ1v) is 9.00. The molecule has 20 heavy (non-hydrogen) atoms. The van der Waals surface area contributed by atoms with Crippen LogP contribution in [-0.4, -0.2) is 13.4 Å². The quantitative estimate of drug-likeness (QED) is 0.786. The number of hydrogen-bond donors (Lipinski definition) is 2. The van der Waals surface area contributed by atoms with Gasteiger partial charge in [0.05, 0.1) is 12.2 Å². The molecule has 0 aliphatic heterocycles. The van der Waals surface area contributed by atoms with Crippen LogP contribution in [0, 0.1) is 0 Å². The van der Waals surface area contributed by atoms with E-state index in [4.69, 9.17) is 5.73 Å². The lowest BCUT2D eigenvalue weighted by atomic mass is 10.3. The van der Waals surface area contributed by atoms with Gasteiger partial charge in [0, 0.05) is 15.5 Å². The van der Waals surface area contributed by atoms with Crippen LogP contribution in [0.15, 0.2) is 33.8 Å². The van der Waals surface area contributed by atoms with Crippen molar-refractivity contribution in [2.24, 2.45) is 0 Å². The Bertz CT molecular complexity index is 713. The first-order valence-electron chi connectivity index (χ1n) is 5.90. The summed E-state index contributed by atoms with van der Waals surface area (Å²) in [4.78, 5) is 5.37. The first kappa shape index (κ1) is 15.4. The van der Waals surface area contributed by atoms with Crippen molar-refractivity contribution in [1.29, 1.82) is 0 Å². The number of nitrogens with two attached hydrogens (primary N) is 1. The van der Waals surface area contributed by atoms with Crippen molar-refractivity contribution in [3.63, 3.8) is 0 Å². The fraction of sp³-hybridized carbons (Fsp3) is 0.250. The SMILES string of the molecule is CCc1cnc(CNS(=O)(=O)c2cc(Br)ccc2N)s1. The number of thiazole rings is 1. The van der Waals surface area contributed by atoms with Gasteiger partial charge in [-0.15, -0.1) is 11.3 Å². The largest absolute Gasteiger partial charge is 0.398 e. The molecule has 5 nitrogen and oxygen atoms in total. The highest BCUT2D eigenvalue weighted by Crippen LogP contribution is 2.23. The monoisotopic (exact) mass is 375 g/mol. The zero-order valence-electron chi connectivity index (χ0n) is 10.8. The van der Waals surface area contributed by atoms with Gasteiger partial charge in [-0.1, -0.05) is 22.9 Å². The summed E-state index contributed by atoms with van der Waals surface area (Å²) in [6, 6.07) is 4.73. The third-order valence-corrected chi connectivity index (χ3v) is 5.72. The van der Waals surface area contributed by atoms with Gasteiger partial charge in [-0.25, -0.2) is 18.1 Å². The van der Waals surface area contributed by atoms with E-state index in [1.54, 1.807) is 18.3 Å². The molecule has 2 aromatic rings. The molecule has 0 amide bonds. The number of anilines is 1. The molecule has 0 aliphatic rings. The molecule has 0 aliphatic carbocycles. The fourth-order valence-electron chi connectivity index (χ4n) is 1.57. The molecular formula is C12H14BrN3O2S2. The lowest BCUT2D eigenvalue weighted by Gasteiger charge is -2.08. The standard InChI is InChI=1S/C12H14BrN3O2S2/c1-2-9-6-15-12(19-9)7-16-20(17,18)11-5-8(13)3-4-10(11)14/h3-6,16H,2,7,14H2,1H3. The van der Waals surface area contributed by atoms with Crippen LogP contribution in [0.25, 0.3) is 0 Å². The van der Waals surface area contributed by atoms with Crippen molar-refractivity contribution in [2.45, 2.75) is 24.8 Å². The van der Waals surface area contributed by atoms with E-state index in [2.05, 4.69) is 25.6 Å². The topological polar surface area (TPSA) is 85.1 Å². The number of halogens is 1. The second kappa shape index (κ2) is 6.21. The van der Waals surface area contributed by atoms with Gasteiger partial charge in [0.15, 0.2) is 0 Å². The molecule has 0 bridgehead atoms. The second-order valence-corrected chi connectivity index (χ2v) is 7.93. The Morgan fingerprint density at radius 3 is 2.85 bits per heavy atom. The van der Waals surface area contributed by atoms with Crippen LogP contribution in [0.3, 0.4) is 0 Å². The zero-order valence-corrected chi connectivity index (χ0v) is 14.0. The number of nitrogens with one attached hydrogen (secondary N) is 1. The molecule has 0 spiro atoms. The molecule has 108 valence electrons. The molecule has 8 heteroatoms. The average molecular weight is 376 g/mol. The number of nitrogens with zero attached hydrogens (tertiary/aromatic N) is 1. The van der Waals surface area contributed by atoms with Gasteiger partial charge in [-0.3, -0.25) is 0 Å². The predicted molar refractivity (Wildman–Crippen MR) is 84.1 cm³/mol. The van der Waals surface area contributed by atoms with Crippen molar-refractivity contribution in [2.75, 3.05) is 5.73 Å². The molecule has 0 atom stereocenters. The Balaban J connectivity index is 2.17. The van der Waals surface area contributed by atoms with Crippen LogP contribution in [0.5, 0.6) is 0 Å². The summed E-state index contributed by atoms with van der Waals surface area (Å²) in [5, 5.41) is 0.735. The minimum atomic E-state index is -3.65. The maximum atomic E-state index is 12.2. The molecule has 0 saturated heterocycles. The molecule has 0 radical (unpaired) electrons. The van der Waals surface area contributed by atoms with Crippen molar-refractivity contribution in [3.8, 4) is 0 Å². The molecule has 0 fully saturated rings. The van der Waals surface area contributed by atoms with E-state index < -0.39 is 10.0 Å². The Kier molecular flexibility index (Phi) is 4.79. The molecule has 1 aromatic heterocycles. The van der Waals surface area contributed by atoms with E-state index in [1.165, 1.54) is 17.4 Å². The third kappa shape index (κ3) is 3.57. The Morgan fingerprint density at radius 2 is 2.20 bits per heavy atom. The molecule has 1 aromatic carbocycles. The highest BCUT2D eigenvalue weighted by molar-refractivity contribution is 9.10. The van der Waals surface area contributed by atoms with Crippen LogP contribution in [0.4, 0.5) is 5.69 Å². The van der Waals surface area contributed by atoms with Gasteiger partial charge >= 0.3 is 0 Å². The molecule has 3 N–H and O–H groups in total. The smallest absolute Gasteiger partial charge is 0.243 e. The summed E-state index contributed by atoms with van der Waals surface area (Å²) in [6.45, 7) is 2.20. The molecule has 0 unspecified atom stereocenters. The van der Waals surface area contributed by atoms with E-state index in [0.717, 1.165) is 16.3 Å². The summed E-state index contributed by atoms with van der Waals surface area (Å²) in [7, 11) is -3.65. The molecular weight excluding hydrogens is 362 g/mol. The number of rotatable bonds is 5. The van der Waals surface area contributed by atoms with E-state index in [9.17, 15) is 8.42 Å².